The molecule has 0 unspecified atom stereocenters. The highest BCUT2D eigenvalue weighted by molar-refractivity contribution is 6.09. The molecule has 0 aliphatic heterocycles. The summed E-state index contributed by atoms with van der Waals surface area (Å²) in [5.74, 6) is 0. The lowest BCUT2D eigenvalue weighted by molar-refractivity contribution is 0.666. The van der Waals surface area contributed by atoms with Gasteiger partial charge in [0.2, 0.25) is 0 Å². The van der Waals surface area contributed by atoms with Crippen LogP contribution in [0.15, 0.2) is 180 Å². The van der Waals surface area contributed by atoms with Crippen LogP contribution < -0.4 is 4.90 Å². The van der Waals surface area contributed by atoms with Gasteiger partial charge in [-0.3, -0.25) is 0 Å². The van der Waals surface area contributed by atoms with Crippen molar-refractivity contribution in [2.75, 3.05) is 4.90 Å². The van der Waals surface area contributed by atoms with Gasteiger partial charge in [0.05, 0.1) is 5.69 Å². The van der Waals surface area contributed by atoms with Gasteiger partial charge in [-0.25, -0.2) is 0 Å². The smallest absolute Gasteiger partial charge is 0.143 e. The zero-order valence-electron chi connectivity index (χ0n) is 28.6. The molecule has 0 N–H and O–H groups in total. The molecular formula is C49H35NO. The van der Waals surface area contributed by atoms with Gasteiger partial charge in [-0.05, 0) is 80.6 Å². The molecule has 1 aliphatic rings. The second-order valence-corrected chi connectivity index (χ2v) is 14.1. The first-order valence-electron chi connectivity index (χ1n) is 17.7. The van der Waals surface area contributed by atoms with E-state index in [9.17, 15) is 0 Å². The number of anilines is 3. The van der Waals surface area contributed by atoms with Gasteiger partial charge in [0.25, 0.3) is 0 Å². The summed E-state index contributed by atoms with van der Waals surface area (Å²) >= 11 is 0. The van der Waals surface area contributed by atoms with Gasteiger partial charge in [0.15, 0.2) is 0 Å². The summed E-state index contributed by atoms with van der Waals surface area (Å²) in [7, 11) is 0. The summed E-state index contributed by atoms with van der Waals surface area (Å²) < 4.78 is 6.43. The minimum atomic E-state index is -0.153. The molecule has 1 heterocycles. The average molecular weight is 654 g/mol. The Morgan fingerprint density at radius 3 is 1.86 bits per heavy atom. The summed E-state index contributed by atoms with van der Waals surface area (Å²) in [4.78, 5) is 2.43. The number of rotatable bonds is 5. The Labute approximate surface area is 297 Å². The van der Waals surface area contributed by atoms with E-state index in [0.717, 1.165) is 44.4 Å². The summed E-state index contributed by atoms with van der Waals surface area (Å²) in [6.07, 6.45) is 0. The molecule has 2 heteroatoms. The Morgan fingerprint density at radius 2 is 1.08 bits per heavy atom. The second kappa shape index (κ2) is 11.3. The van der Waals surface area contributed by atoms with Crippen LogP contribution >= 0.6 is 0 Å². The Kier molecular flexibility index (Phi) is 6.56. The highest BCUT2D eigenvalue weighted by atomic mass is 16.3. The molecule has 1 aliphatic carbocycles. The minimum absolute atomic E-state index is 0.153. The topological polar surface area (TPSA) is 16.4 Å². The molecule has 0 amide bonds. The van der Waals surface area contributed by atoms with Crippen molar-refractivity contribution < 1.29 is 4.42 Å². The Balaban J connectivity index is 1.15. The van der Waals surface area contributed by atoms with Gasteiger partial charge >= 0.3 is 0 Å². The molecule has 0 fully saturated rings. The third-order valence-electron chi connectivity index (χ3n) is 10.9. The number of nitrogens with zero attached hydrogens (tertiary/aromatic N) is 1. The number of furan rings is 1. The van der Waals surface area contributed by atoms with Crippen molar-refractivity contribution in [2.45, 2.75) is 19.3 Å². The van der Waals surface area contributed by atoms with E-state index in [1.54, 1.807) is 0 Å². The van der Waals surface area contributed by atoms with Crippen molar-refractivity contribution in [3.05, 3.63) is 187 Å². The van der Waals surface area contributed by atoms with Crippen LogP contribution in [0.1, 0.15) is 25.0 Å². The molecule has 8 aromatic carbocycles. The fraction of sp³-hybridized carbons (Fsp3) is 0.0612. The predicted molar refractivity (Wildman–Crippen MR) is 214 cm³/mol. The van der Waals surface area contributed by atoms with Gasteiger partial charge < -0.3 is 9.32 Å². The van der Waals surface area contributed by atoms with Crippen LogP contribution in [0, 0.1) is 0 Å². The highest BCUT2D eigenvalue weighted by Gasteiger charge is 2.39. The lowest BCUT2D eigenvalue weighted by atomic mass is 9.80. The number of para-hydroxylation sites is 2. The molecule has 9 aromatic rings. The van der Waals surface area contributed by atoms with Crippen molar-refractivity contribution in [3.8, 4) is 33.4 Å². The van der Waals surface area contributed by atoms with E-state index < -0.39 is 0 Å². The minimum Gasteiger partial charge on any atom is -0.455 e. The number of benzene rings is 8. The fourth-order valence-electron chi connectivity index (χ4n) is 8.44. The molecule has 0 saturated carbocycles. The van der Waals surface area contributed by atoms with Crippen LogP contribution in [0.5, 0.6) is 0 Å². The van der Waals surface area contributed by atoms with Crippen molar-refractivity contribution in [1.29, 1.82) is 0 Å². The standard InChI is InChI=1S/C49H35NO/c1-49(2)43-19-11-20-44(46(43)42-31-26-34-14-6-7-15-38(34)47(42)49)50(36-27-22-33(23-28-36)32-12-4-3-5-13-32)37-29-24-35(25-30-37)39-17-10-18-41-40-16-8-9-21-45(40)51-48(39)41/h3-31H,1-2H3. The highest BCUT2D eigenvalue weighted by Crippen LogP contribution is 2.56. The molecule has 0 saturated heterocycles. The van der Waals surface area contributed by atoms with E-state index in [2.05, 4.69) is 183 Å². The molecule has 1 aromatic heterocycles. The Morgan fingerprint density at radius 1 is 0.451 bits per heavy atom. The van der Waals surface area contributed by atoms with Crippen LogP contribution in [0.3, 0.4) is 0 Å². The molecule has 0 spiro atoms. The van der Waals surface area contributed by atoms with Gasteiger partial charge in [0.1, 0.15) is 11.2 Å². The fourth-order valence-corrected chi connectivity index (χ4v) is 8.44. The van der Waals surface area contributed by atoms with Crippen LogP contribution in [0.4, 0.5) is 17.1 Å². The number of hydrogen-bond acceptors (Lipinski definition) is 2. The van der Waals surface area contributed by atoms with Crippen LogP contribution in [0.2, 0.25) is 0 Å². The summed E-state index contributed by atoms with van der Waals surface area (Å²) in [5.41, 5.74) is 15.1. The average Bonchev–Trinajstić information content (AvgIpc) is 3.68. The maximum atomic E-state index is 6.43. The first kappa shape index (κ1) is 29.5. The quantitative estimate of drug-likeness (QED) is 0.184. The molecular weight excluding hydrogens is 619 g/mol. The lowest BCUT2D eigenvalue weighted by Gasteiger charge is -2.29. The molecule has 0 bridgehead atoms. The van der Waals surface area contributed by atoms with E-state index in [0.29, 0.717) is 0 Å². The normalized spacial score (nSPS) is 13.1. The predicted octanol–water partition coefficient (Wildman–Crippen LogP) is 13.8. The molecule has 0 atom stereocenters. The van der Waals surface area contributed by atoms with Crippen LogP contribution in [0.25, 0.3) is 66.1 Å². The van der Waals surface area contributed by atoms with Crippen LogP contribution in [-0.2, 0) is 5.41 Å². The van der Waals surface area contributed by atoms with Gasteiger partial charge in [-0.15, -0.1) is 0 Å². The van der Waals surface area contributed by atoms with Crippen LogP contribution in [-0.4, -0.2) is 0 Å². The Hall–Kier alpha value is -6.38. The summed E-state index contributed by atoms with van der Waals surface area (Å²) in [5, 5.41) is 4.89. The molecule has 10 rings (SSSR count). The Bertz CT molecular complexity index is 2750. The third-order valence-corrected chi connectivity index (χ3v) is 10.9. The van der Waals surface area contributed by atoms with E-state index in [-0.39, 0.29) is 5.41 Å². The molecule has 2 nitrogen and oxygen atoms in total. The number of hydrogen-bond donors (Lipinski definition) is 0. The molecule has 0 radical (unpaired) electrons. The molecule has 242 valence electrons. The van der Waals surface area contributed by atoms with Gasteiger partial charge in [-0.1, -0.05) is 153 Å². The SMILES string of the molecule is CC1(C)c2cccc(N(c3ccc(-c4ccccc4)cc3)c3ccc(-c4cccc5c4oc4ccccc45)cc3)c2-c2ccc3ccccc3c21. The van der Waals surface area contributed by atoms with E-state index >= 15 is 0 Å². The van der Waals surface area contributed by atoms with Crippen molar-refractivity contribution >= 4 is 49.8 Å². The van der Waals surface area contributed by atoms with Gasteiger partial charge in [-0.2, -0.15) is 0 Å². The maximum Gasteiger partial charge on any atom is 0.143 e. The largest absolute Gasteiger partial charge is 0.455 e. The molecule has 51 heavy (non-hydrogen) atoms. The lowest BCUT2D eigenvalue weighted by Crippen LogP contribution is -2.16. The van der Waals surface area contributed by atoms with Crippen molar-refractivity contribution in [2.24, 2.45) is 0 Å². The first-order valence-corrected chi connectivity index (χ1v) is 17.7. The van der Waals surface area contributed by atoms with E-state index in [1.165, 1.54) is 49.8 Å². The zero-order chi connectivity index (χ0) is 34.1. The number of fused-ring (bicyclic) bond motifs is 8. The van der Waals surface area contributed by atoms with Crippen molar-refractivity contribution in [1.82, 2.24) is 0 Å². The van der Waals surface area contributed by atoms with Gasteiger partial charge in [0, 0.05) is 38.7 Å². The van der Waals surface area contributed by atoms with Crippen molar-refractivity contribution in [3.63, 3.8) is 0 Å². The maximum absolute atomic E-state index is 6.43. The van der Waals surface area contributed by atoms with E-state index in [4.69, 9.17) is 4.42 Å². The summed E-state index contributed by atoms with van der Waals surface area (Å²) in [6, 6.07) is 63.5. The third kappa shape index (κ3) is 4.57. The second-order valence-electron chi connectivity index (χ2n) is 14.1. The summed E-state index contributed by atoms with van der Waals surface area (Å²) in [6.45, 7) is 4.75. The zero-order valence-corrected chi connectivity index (χ0v) is 28.6. The first-order chi connectivity index (χ1) is 25.1. The monoisotopic (exact) mass is 653 g/mol. The van der Waals surface area contributed by atoms with E-state index in [1.807, 2.05) is 12.1 Å².